The van der Waals surface area contributed by atoms with E-state index in [-0.39, 0.29) is 37.6 Å². The molecule has 0 unspecified atom stereocenters. The minimum atomic E-state index is -4.72. The van der Waals surface area contributed by atoms with Crippen molar-refractivity contribution in [2.24, 2.45) is 5.73 Å². The lowest BCUT2D eigenvalue weighted by Crippen LogP contribution is -2.27. The zero-order chi connectivity index (χ0) is 14.3. The maximum Gasteiger partial charge on any atom is 0.573 e. The van der Waals surface area contributed by atoms with E-state index in [0.717, 1.165) is 0 Å². The molecule has 1 aromatic rings. The van der Waals surface area contributed by atoms with Crippen LogP contribution in [0.1, 0.15) is 12.0 Å². The topological polar surface area (TPSA) is 64.4 Å². The molecule has 0 aliphatic carbocycles. The van der Waals surface area contributed by atoms with Gasteiger partial charge in [-0.25, -0.2) is 0 Å². The fraction of sp³-hybridized carbons (Fsp3) is 0.417. The number of rotatable bonds is 6. The number of hydrogen-bond acceptors (Lipinski definition) is 3. The largest absolute Gasteiger partial charge is 0.573 e. The molecule has 4 nitrogen and oxygen atoms in total. The Balaban J connectivity index is 2.56. The van der Waals surface area contributed by atoms with Crippen molar-refractivity contribution >= 4 is 5.91 Å². The second-order valence-corrected chi connectivity index (χ2v) is 3.79. The normalized spacial score (nSPS) is 11.2. The number of nitrogens with two attached hydrogens (primary N) is 1. The molecule has 1 aromatic carbocycles. The van der Waals surface area contributed by atoms with Gasteiger partial charge in [-0.1, -0.05) is 18.2 Å². The van der Waals surface area contributed by atoms with Crippen LogP contribution in [-0.2, 0) is 11.2 Å². The van der Waals surface area contributed by atoms with Crippen LogP contribution in [0.15, 0.2) is 24.3 Å². The van der Waals surface area contributed by atoms with Crippen molar-refractivity contribution < 1.29 is 22.7 Å². The van der Waals surface area contributed by atoms with Gasteiger partial charge in [-0.2, -0.15) is 0 Å². The lowest BCUT2D eigenvalue weighted by atomic mass is 10.1. The third kappa shape index (κ3) is 6.10. The predicted molar refractivity (Wildman–Crippen MR) is 63.5 cm³/mol. The van der Waals surface area contributed by atoms with Gasteiger partial charge in [0.15, 0.2) is 0 Å². The molecule has 0 aliphatic heterocycles. The van der Waals surface area contributed by atoms with E-state index in [4.69, 9.17) is 5.73 Å². The van der Waals surface area contributed by atoms with Crippen molar-refractivity contribution in [3.05, 3.63) is 29.8 Å². The lowest BCUT2D eigenvalue weighted by Gasteiger charge is -2.13. The average Bonchev–Trinajstić information content (AvgIpc) is 2.30. The Morgan fingerprint density at radius 1 is 1.32 bits per heavy atom. The van der Waals surface area contributed by atoms with Gasteiger partial charge >= 0.3 is 6.36 Å². The van der Waals surface area contributed by atoms with Crippen molar-refractivity contribution in [3.63, 3.8) is 0 Å². The van der Waals surface area contributed by atoms with Crippen LogP contribution < -0.4 is 15.8 Å². The summed E-state index contributed by atoms with van der Waals surface area (Å²) in [6, 6.07) is 5.83. The zero-order valence-corrected chi connectivity index (χ0v) is 10.2. The molecule has 7 heteroatoms. The van der Waals surface area contributed by atoms with Gasteiger partial charge in [0.2, 0.25) is 5.91 Å². The van der Waals surface area contributed by atoms with Gasteiger partial charge in [-0.15, -0.1) is 13.2 Å². The number of hydrogen-bond donors (Lipinski definition) is 2. The van der Waals surface area contributed by atoms with Crippen molar-refractivity contribution in [2.45, 2.75) is 19.2 Å². The first-order valence-corrected chi connectivity index (χ1v) is 5.73. The summed E-state index contributed by atoms with van der Waals surface area (Å²) in [5, 5.41) is 2.57. The van der Waals surface area contributed by atoms with Gasteiger partial charge in [0.1, 0.15) is 5.75 Å². The van der Waals surface area contributed by atoms with Gasteiger partial charge < -0.3 is 15.8 Å². The Labute approximate surface area is 108 Å². The Kier molecular flexibility index (Phi) is 5.62. The molecule has 0 bridgehead atoms. The van der Waals surface area contributed by atoms with E-state index in [1.807, 2.05) is 0 Å². The molecule has 0 radical (unpaired) electrons. The number of alkyl halides is 3. The highest BCUT2D eigenvalue weighted by Crippen LogP contribution is 2.26. The molecule has 3 N–H and O–H groups in total. The average molecular weight is 276 g/mol. The molecule has 0 saturated heterocycles. The van der Waals surface area contributed by atoms with Crippen LogP contribution in [0.25, 0.3) is 0 Å². The molecule has 0 aromatic heterocycles. The molecule has 1 amide bonds. The molecule has 19 heavy (non-hydrogen) atoms. The van der Waals surface area contributed by atoms with Crippen LogP contribution in [0.4, 0.5) is 13.2 Å². The Morgan fingerprint density at radius 3 is 2.63 bits per heavy atom. The minimum Gasteiger partial charge on any atom is -0.406 e. The SMILES string of the molecule is NCCC(=O)NCCc1ccccc1OC(F)(F)F. The lowest BCUT2D eigenvalue weighted by molar-refractivity contribution is -0.274. The molecule has 1 rings (SSSR count). The number of carbonyl (C=O) groups is 1. The van der Waals surface area contributed by atoms with Crippen LogP contribution >= 0.6 is 0 Å². The van der Waals surface area contributed by atoms with Gasteiger partial charge in [-0.3, -0.25) is 4.79 Å². The van der Waals surface area contributed by atoms with E-state index >= 15 is 0 Å². The molecule has 0 saturated carbocycles. The van der Waals surface area contributed by atoms with Crippen LogP contribution in [0.3, 0.4) is 0 Å². The summed E-state index contributed by atoms with van der Waals surface area (Å²) in [5.74, 6) is -0.472. The van der Waals surface area contributed by atoms with E-state index < -0.39 is 6.36 Å². The summed E-state index contributed by atoms with van der Waals surface area (Å²) in [7, 11) is 0. The summed E-state index contributed by atoms with van der Waals surface area (Å²) in [4.78, 5) is 11.1. The van der Waals surface area contributed by atoms with E-state index in [0.29, 0.717) is 5.56 Å². The molecule has 0 atom stereocenters. The number of para-hydroxylation sites is 1. The first kappa shape index (κ1) is 15.3. The first-order chi connectivity index (χ1) is 8.92. The zero-order valence-electron chi connectivity index (χ0n) is 10.2. The monoisotopic (exact) mass is 276 g/mol. The smallest absolute Gasteiger partial charge is 0.406 e. The van der Waals surface area contributed by atoms with Crippen LogP contribution in [0.5, 0.6) is 5.75 Å². The summed E-state index contributed by atoms with van der Waals surface area (Å²) < 4.78 is 40.4. The third-order valence-corrected chi connectivity index (χ3v) is 2.29. The fourth-order valence-electron chi connectivity index (χ4n) is 1.49. The highest BCUT2D eigenvalue weighted by molar-refractivity contribution is 5.76. The Morgan fingerprint density at radius 2 is 2.00 bits per heavy atom. The van der Waals surface area contributed by atoms with Crippen molar-refractivity contribution in [1.82, 2.24) is 5.32 Å². The number of ether oxygens (including phenoxy) is 1. The number of halogens is 3. The summed E-state index contributed by atoms with van der Waals surface area (Å²) >= 11 is 0. The first-order valence-electron chi connectivity index (χ1n) is 5.73. The summed E-state index contributed by atoms with van der Waals surface area (Å²) in [6.45, 7) is 0.469. The van der Waals surface area contributed by atoms with Gasteiger partial charge in [-0.05, 0) is 18.1 Å². The van der Waals surface area contributed by atoms with E-state index in [9.17, 15) is 18.0 Å². The maximum absolute atomic E-state index is 12.2. The molecular formula is C12H15F3N2O2. The van der Waals surface area contributed by atoms with E-state index in [1.165, 1.54) is 18.2 Å². The van der Waals surface area contributed by atoms with Gasteiger partial charge in [0.05, 0.1) is 0 Å². The Hall–Kier alpha value is -1.76. The summed E-state index contributed by atoms with van der Waals surface area (Å²) in [6.07, 6.45) is -4.28. The molecule has 0 heterocycles. The van der Waals surface area contributed by atoms with Crippen LogP contribution in [-0.4, -0.2) is 25.4 Å². The van der Waals surface area contributed by atoms with Crippen molar-refractivity contribution in [3.8, 4) is 5.75 Å². The van der Waals surface area contributed by atoms with Crippen LogP contribution in [0.2, 0.25) is 0 Å². The van der Waals surface area contributed by atoms with Gasteiger partial charge in [0.25, 0.3) is 0 Å². The number of carbonyl (C=O) groups excluding carboxylic acids is 1. The second-order valence-electron chi connectivity index (χ2n) is 3.79. The quantitative estimate of drug-likeness (QED) is 0.829. The third-order valence-electron chi connectivity index (χ3n) is 2.29. The molecule has 106 valence electrons. The number of amides is 1. The maximum atomic E-state index is 12.2. The standard InChI is InChI=1S/C12H15F3N2O2/c13-12(14,15)19-10-4-2-1-3-9(10)6-8-17-11(18)5-7-16/h1-4H,5-8,16H2,(H,17,18). The number of benzene rings is 1. The van der Waals surface area contributed by atoms with Crippen molar-refractivity contribution in [2.75, 3.05) is 13.1 Å². The van der Waals surface area contributed by atoms with Crippen molar-refractivity contribution in [1.29, 1.82) is 0 Å². The molecule has 0 fully saturated rings. The molecular weight excluding hydrogens is 261 g/mol. The molecule has 0 aliphatic rings. The van der Waals surface area contributed by atoms with Gasteiger partial charge in [0, 0.05) is 19.5 Å². The summed E-state index contributed by atoms with van der Waals surface area (Å²) in [5.41, 5.74) is 5.58. The predicted octanol–water partition coefficient (Wildman–Crippen LogP) is 1.59. The van der Waals surface area contributed by atoms with E-state index in [1.54, 1.807) is 6.07 Å². The minimum absolute atomic E-state index is 0.195. The Bertz CT molecular complexity index is 422. The second kappa shape index (κ2) is 6.98. The fourth-order valence-corrected chi connectivity index (χ4v) is 1.49. The number of nitrogens with one attached hydrogen (secondary N) is 1. The van der Waals surface area contributed by atoms with Crippen LogP contribution in [0, 0.1) is 0 Å². The van der Waals surface area contributed by atoms with E-state index in [2.05, 4.69) is 10.1 Å². The highest BCUT2D eigenvalue weighted by Gasteiger charge is 2.31. The highest BCUT2D eigenvalue weighted by atomic mass is 19.4. The molecule has 0 spiro atoms.